The second kappa shape index (κ2) is 2.65. The van der Waals surface area contributed by atoms with Crippen molar-refractivity contribution >= 4 is 11.8 Å². The molecule has 0 atom stereocenters. The second-order valence-electron chi connectivity index (χ2n) is 2.78. The Hall–Kier alpha value is -0.110. The Bertz CT molecular complexity index is 107. The average molecular weight is 144 g/mol. The summed E-state index contributed by atoms with van der Waals surface area (Å²) in [4.78, 5) is 0. The first-order chi connectivity index (χ1) is 4.27. The molecule has 1 nitrogen and oxygen atoms in total. The Balaban J connectivity index is 2.16. The number of hydrogen-bond donors (Lipinski definition) is 0. The maximum atomic E-state index is 5.09. The van der Waals surface area contributed by atoms with Crippen molar-refractivity contribution in [1.29, 1.82) is 0 Å². The van der Waals surface area contributed by atoms with Gasteiger partial charge in [-0.3, -0.25) is 0 Å². The summed E-state index contributed by atoms with van der Waals surface area (Å²) < 4.78 is 5.09. The van der Waals surface area contributed by atoms with E-state index >= 15 is 0 Å². The fraction of sp³-hybridized carbons (Fsp3) is 0.714. The Morgan fingerprint density at radius 1 is 1.78 bits per heavy atom. The fourth-order valence-corrected chi connectivity index (χ4v) is 1.86. The van der Waals surface area contributed by atoms with Crippen LogP contribution in [0.3, 0.4) is 0 Å². The van der Waals surface area contributed by atoms with E-state index in [1.54, 1.807) is 0 Å². The molecule has 0 bridgehead atoms. The van der Waals surface area contributed by atoms with Crippen LogP contribution in [0.2, 0.25) is 0 Å². The summed E-state index contributed by atoms with van der Waals surface area (Å²) in [6, 6.07) is 0. The molecular formula is C7H12OS. The summed E-state index contributed by atoms with van der Waals surface area (Å²) in [6.07, 6.45) is 1.52. The highest BCUT2D eigenvalue weighted by atomic mass is 32.2. The van der Waals surface area contributed by atoms with Crippen molar-refractivity contribution in [1.82, 2.24) is 0 Å². The molecule has 1 aliphatic rings. The summed E-state index contributed by atoms with van der Waals surface area (Å²) in [5, 5.41) is 0. The van der Waals surface area contributed by atoms with E-state index in [9.17, 15) is 0 Å². The maximum absolute atomic E-state index is 5.09. The first-order valence-electron chi connectivity index (χ1n) is 3.07. The highest BCUT2D eigenvalue weighted by Gasteiger charge is 2.32. The van der Waals surface area contributed by atoms with Crippen molar-refractivity contribution in [3.05, 3.63) is 12.8 Å². The molecule has 0 aliphatic carbocycles. The van der Waals surface area contributed by atoms with Crippen LogP contribution >= 0.6 is 11.8 Å². The quantitative estimate of drug-likeness (QED) is 0.559. The molecule has 0 aromatic carbocycles. The summed E-state index contributed by atoms with van der Waals surface area (Å²) in [5.74, 6) is 2.47. The molecule has 0 unspecified atom stereocenters. The van der Waals surface area contributed by atoms with Gasteiger partial charge in [-0.05, 0) is 0 Å². The number of rotatable bonds is 3. The van der Waals surface area contributed by atoms with Crippen LogP contribution in [0.15, 0.2) is 12.8 Å². The van der Waals surface area contributed by atoms with Crippen LogP contribution in [0.5, 0.6) is 0 Å². The first-order valence-corrected chi connectivity index (χ1v) is 4.23. The molecule has 0 saturated carbocycles. The third-order valence-electron chi connectivity index (χ3n) is 1.45. The monoisotopic (exact) mass is 144 g/mol. The van der Waals surface area contributed by atoms with E-state index in [1.807, 2.05) is 11.8 Å². The molecule has 0 N–H and O–H groups in total. The predicted molar refractivity (Wildman–Crippen MR) is 41.6 cm³/mol. The smallest absolute Gasteiger partial charge is 0.0942 e. The van der Waals surface area contributed by atoms with Gasteiger partial charge in [-0.2, -0.15) is 11.8 Å². The molecule has 0 aromatic heterocycles. The molecule has 52 valence electrons. The lowest BCUT2D eigenvalue weighted by Gasteiger charge is -2.36. The van der Waals surface area contributed by atoms with Crippen LogP contribution in [0.4, 0.5) is 0 Å². The van der Waals surface area contributed by atoms with Crippen LogP contribution in [-0.2, 0) is 4.74 Å². The van der Waals surface area contributed by atoms with Crippen molar-refractivity contribution in [2.45, 2.75) is 6.92 Å². The van der Waals surface area contributed by atoms with Gasteiger partial charge in [-0.15, -0.1) is 0 Å². The maximum Gasteiger partial charge on any atom is 0.0942 e. The van der Waals surface area contributed by atoms with E-state index < -0.39 is 0 Å². The van der Waals surface area contributed by atoms with E-state index in [0.29, 0.717) is 5.41 Å². The van der Waals surface area contributed by atoms with Gasteiger partial charge in [0.2, 0.25) is 0 Å². The molecule has 1 aliphatic heterocycles. The van der Waals surface area contributed by atoms with Crippen LogP contribution in [0, 0.1) is 5.41 Å². The van der Waals surface area contributed by atoms with Crippen LogP contribution < -0.4 is 0 Å². The SMILES string of the molecule is C=COCC1(C)CSC1. The van der Waals surface area contributed by atoms with Gasteiger partial charge in [0.1, 0.15) is 0 Å². The van der Waals surface area contributed by atoms with Crippen molar-refractivity contribution in [3.8, 4) is 0 Å². The molecule has 0 radical (unpaired) electrons. The highest BCUT2D eigenvalue weighted by molar-refractivity contribution is 8.00. The first kappa shape index (κ1) is 7.00. The van der Waals surface area contributed by atoms with Crippen molar-refractivity contribution in [3.63, 3.8) is 0 Å². The Kier molecular flexibility index (Phi) is 2.06. The molecular weight excluding hydrogens is 132 g/mol. The van der Waals surface area contributed by atoms with Gasteiger partial charge in [-0.25, -0.2) is 0 Å². The van der Waals surface area contributed by atoms with Crippen molar-refractivity contribution < 1.29 is 4.74 Å². The molecule has 0 aromatic rings. The van der Waals surface area contributed by atoms with Crippen molar-refractivity contribution in [2.24, 2.45) is 5.41 Å². The molecule has 0 amide bonds. The van der Waals surface area contributed by atoms with Crippen LogP contribution in [0.25, 0.3) is 0 Å². The van der Waals surface area contributed by atoms with Gasteiger partial charge in [0.15, 0.2) is 0 Å². The minimum atomic E-state index is 0.443. The molecule has 1 saturated heterocycles. The molecule has 0 spiro atoms. The Morgan fingerprint density at radius 3 is 2.78 bits per heavy atom. The third kappa shape index (κ3) is 1.65. The van der Waals surface area contributed by atoms with Gasteiger partial charge in [-0.1, -0.05) is 13.5 Å². The zero-order valence-corrected chi connectivity index (χ0v) is 6.54. The third-order valence-corrected chi connectivity index (χ3v) is 3.25. The van der Waals surface area contributed by atoms with Gasteiger partial charge >= 0.3 is 0 Å². The zero-order valence-electron chi connectivity index (χ0n) is 5.72. The summed E-state index contributed by atoms with van der Waals surface area (Å²) in [6.45, 7) is 6.57. The summed E-state index contributed by atoms with van der Waals surface area (Å²) >= 11 is 1.98. The Morgan fingerprint density at radius 2 is 2.44 bits per heavy atom. The fourth-order valence-electron chi connectivity index (χ4n) is 0.794. The Labute approximate surface area is 60.5 Å². The standard InChI is InChI=1S/C7H12OS/c1-3-8-4-7(2)5-9-6-7/h3H,1,4-6H2,2H3. The molecule has 1 rings (SSSR count). The highest BCUT2D eigenvalue weighted by Crippen LogP contribution is 2.37. The number of hydrogen-bond acceptors (Lipinski definition) is 2. The normalized spacial score (nSPS) is 22.3. The van der Waals surface area contributed by atoms with E-state index in [-0.39, 0.29) is 0 Å². The molecule has 9 heavy (non-hydrogen) atoms. The second-order valence-corrected chi connectivity index (χ2v) is 3.77. The van der Waals surface area contributed by atoms with Crippen molar-refractivity contribution in [2.75, 3.05) is 18.1 Å². The van der Waals surface area contributed by atoms with Gasteiger partial charge in [0, 0.05) is 16.9 Å². The van der Waals surface area contributed by atoms with Gasteiger partial charge in [0.05, 0.1) is 12.9 Å². The lowest BCUT2D eigenvalue weighted by atomic mass is 9.97. The molecule has 2 heteroatoms. The minimum absolute atomic E-state index is 0.443. The minimum Gasteiger partial charge on any atom is -0.501 e. The number of ether oxygens (including phenoxy) is 1. The van der Waals surface area contributed by atoms with Gasteiger partial charge in [0.25, 0.3) is 0 Å². The van der Waals surface area contributed by atoms with Gasteiger partial charge < -0.3 is 4.74 Å². The zero-order chi connectivity index (χ0) is 6.74. The van der Waals surface area contributed by atoms with E-state index in [1.165, 1.54) is 17.8 Å². The topological polar surface area (TPSA) is 9.23 Å². The largest absolute Gasteiger partial charge is 0.501 e. The lowest BCUT2D eigenvalue weighted by Crippen LogP contribution is -2.36. The molecule has 1 fully saturated rings. The predicted octanol–water partition coefficient (Wildman–Crippen LogP) is 1.90. The van der Waals surface area contributed by atoms with Crippen LogP contribution in [-0.4, -0.2) is 18.1 Å². The molecule has 1 heterocycles. The van der Waals surface area contributed by atoms with E-state index in [2.05, 4.69) is 13.5 Å². The average Bonchev–Trinajstić information content (AvgIpc) is 1.79. The summed E-state index contributed by atoms with van der Waals surface area (Å²) in [7, 11) is 0. The summed E-state index contributed by atoms with van der Waals surface area (Å²) in [5.41, 5.74) is 0.443. The lowest BCUT2D eigenvalue weighted by molar-refractivity contribution is 0.151. The number of thioether (sulfide) groups is 1. The van der Waals surface area contributed by atoms with Crippen LogP contribution in [0.1, 0.15) is 6.92 Å². The van der Waals surface area contributed by atoms with E-state index in [4.69, 9.17) is 4.74 Å². The van der Waals surface area contributed by atoms with E-state index in [0.717, 1.165) is 6.61 Å².